The maximum absolute atomic E-state index is 14.2. The van der Waals surface area contributed by atoms with Crippen molar-refractivity contribution in [3.05, 3.63) is 69.1 Å². The fraction of sp³-hybridized carbons (Fsp3) is 0.556. The topological polar surface area (TPSA) is 124 Å². The van der Waals surface area contributed by atoms with Gasteiger partial charge in [0.1, 0.15) is 0 Å². The van der Waals surface area contributed by atoms with E-state index >= 15 is 0 Å². The van der Waals surface area contributed by atoms with Crippen molar-refractivity contribution in [2.45, 2.75) is 76.0 Å². The molecule has 1 aromatic heterocycles. The van der Waals surface area contributed by atoms with E-state index in [-0.39, 0.29) is 30.0 Å². The molecule has 11 nitrogen and oxygen atoms in total. The summed E-state index contributed by atoms with van der Waals surface area (Å²) < 4.78 is 1.53. The summed E-state index contributed by atoms with van der Waals surface area (Å²) in [6, 6.07) is 15.1. The number of H-pyrrole nitrogens is 1. The van der Waals surface area contributed by atoms with Gasteiger partial charge in [-0.25, -0.2) is 9.48 Å². The number of nitrogens with one attached hydrogen (secondary N) is 1. The van der Waals surface area contributed by atoms with Gasteiger partial charge in [0.2, 0.25) is 11.8 Å². The van der Waals surface area contributed by atoms with Gasteiger partial charge in [0, 0.05) is 69.4 Å². The number of nitrogen functional groups attached to an aromatic ring is 1. The monoisotopic (exact) mass is 674 g/mol. The van der Waals surface area contributed by atoms with Crippen LogP contribution in [0.3, 0.4) is 0 Å². The third kappa shape index (κ3) is 6.64. The highest BCUT2D eigenvalue weighted by Gasteiger charge is 2.45. The van der Waals surface area contributed by atoms with Gasteiger partial charge in [0.25, 0.3) is 0 Å². The lowest BCUT2D eigenvalue weighted by molar-refractivity contribution is -0.143. The highest BCUT2D eigenvalue weighted by Crippen LogP contribution is 2.34. The number of aryl methyl sites for hydroxylation is 1. The molecule has 5 heterocycles. The smallest absolute Gasteiger partial charge is 0.343 e. The van der Waals surface area contributed by atoms with Crippen LogP contribution in [0, 0.1) is 12.8 Å². The molecule has 3 aromatic rings. The molecular weight excluding hydrogens is 628 g/mol. The minimum Gasteiger partial charge on any atom is -0.397 e. The lowest BCUT2D eigenvalue weighted by atomic mass is 9.91. The van der Waals surface area contributed by atoms with Crippen LogP contribution < -0.4 is 11.4 Å². The van der Waals surface area contributed by atoms with Crippen molar-refractivity contribution in [1.82, 2.24) is 34.4 Å². The number of halogens is 1. The second kappa shape index (κ2) is 13.7. The summed E-state index contributed by atoms with van der Waals surface area (Å²) in [6.07, 6.45) is 5.00. The summed E-state index contributed by atoms with van der Waals surface area (Å²) in [7, 11) is 2.23. The standard InChI is InChI=1S/C36H47ClN8O3/c1-23-16-24(18-31(37)33(23)38)17-26(35(47)43-14-8-27(9-15-43)44-22-29-20-30(44)21-41(29)2)19-32(46)42-12-10-28(11-13-42)45-36(48)39-34(40-45)25-6-4-3-5-7-25/h3-7,16,18,26-30H,8-15,17,19-22,38H2,1-2H3,(H,39,40,48)/t26-,29?,30?/m0/s1. The molecule has 2 unspecified atom stereocenters. The number of piperazine rings is 1. The largest absolute Gasteiger partial charge is 0.397 e. The van der Waals surface area contributed by atoms with Crippen molar-refractivity contribution in [3.63, 3.8) is 0 Å². The number of nitrogens with two attached hydrogens (primary N) is 1. The molecule has 4 fully saturated rings. The molecule has 3 atom stereocenters. The van der Waals surface area contributed by atoms with Crippen LogP contribution in [-0.4, -0.2) is 111 Å². The van der Waals surface area contributed by atoms with Gasteiger partial charge in [-0.2, -0.15) is 0 Å². The maximum Gasteiger partial charge on any atom is 0.343 e. The van der Waals surface area contributed by atoms with Crippen LogP contribution in [0.15, 0.2) is 47.3 Å². The van der Waals surface area contributed by atoms with Crippen LogP contribution in [0.2, 0.25) is 5.02 Å². The number of anilines is 1. The van der Waals surface area contributed by atoms with Crippen molar-refractivity contribution in [2.24, 2.45) is 5.92 Å². The van der Waals surface area contributed by atoms with Gasteiger partial charge >= 0.3 is 5.69 Å². The van der Waals surface area contributed by atoms with Crippen LogP contribution in [0.5, 0.6) is 0 Å². The zero-order valence-corrected chi connectivity index (χ0v) is 28.7. The molecule has 4 saturated heterocycles. The van der Waals surface area contributed by atoms with Crippen LogP contribution in [0.25, 0.3) is 11.4 Å². The molecule has 12 heteroatoms. The number of carbonyl (C=O) groups excluding carboxylic acids is 2. The van der Waals surface area contributed by atoms with E-state index < -0.39 is 5.92 Å². The summed E-state index contributed by atoms with van der Waals surface area (Å²) >= 11 is 6.45. The number of hydrogen-bond acceptors (Lipinski definition) is 7. The molecule has 0 spiro atoms. The number of rotatable bonds is 8. The van der Waals surface area contributed by atoms with E-state index in [4.69, 9.17) is 17.3 Å². The van der Waals surface area contributed by atoms with Crippen molar-refractivity contribution in [1.29, 1.82) is 0 Å². The van der Waals surface area contributed by atoms with Gasteiger partial charge in [0.15, 0.2) is 5.82 Å². The molecule has 7 rings (SSSR count). The number of likely N-dealkylation sites (N-methyl/N-ethyl adjacent to an activating group) is 1. The predicted octanol–water partition coefficient (Wildman–Crippen LogP) is 3.57. The molecule has 48 heavy (non-hydrogen) atoms. The number of hydrogen-bond donors (Lipinski definition) is 2. The molecule has 0 saturated carbocycles. The summed E-state index contributed by atoms with van der Waals surface area (Å²) in [5.41, 5.74) is 9.06. The Morgan fingerprint density at radius 3 is 2.29 bits per heavy atom. The number of fused-ring (bicyclic) bond motifs is 2. The Kier molecular flexibility index (Phi) is 9.37. The number of likely N-dealkylation sites (tertiary alicyclic amines) is 4. The molecule has 256 valence electrons. The highest BCUT2D eigenvalue weighted by atomic mass is 35.5. The van der Waals surface area contributed by atoms with Crippen LogP contribution in [0.4, 0.5) is 5.69 Å². The third-order valence-electron chi connectivity index (χ3n) is 11.3. The number of benzene rings is 2. The molecule has 4 aliphatic heterocycles. The second-order valence-corrected chi connectivity index (χ2v) is 14.8. The van der Waals surface area contributed by atoms with Gasteiger partial charge in [-0.1, -0.05) is 48.0 Å². The number of piperidine rings is 2. The van der Waals surface area contributed by atoms with Gasteiger partial charge in [0.05, 0.1) is 22.7 Å². The minimum atomic E-state index is -0.496. The van der Waals surface area contributed by atoms with Crippen molar-refractivity contribution >= 4 is 29.1 Å². The van der Waals surface area contributed by atoms with Crippen LogP contribution in [0.1, 0.15) is 55.7 Å². The van der Waals surface area contributed by atoms with E-state index in [1.54, 1.807) is 0 Å². The van der Waals surface area contributed by atoms with Gasteiger partial charge in [-0.15, -0.1) is 5.10 Å². The summed E-state index contributed by atoms with van der Waals surface area (Å²) in [4.78, 5) is 52.6. The number of amides is 2. The lowest BCUT2D eigenvalue weighted by Crippen LogP contribution is -2.54. The summed E-state index contributed by atoms with van der Waals surface area (Å²) in [5, 5.41) is 5.05. The first kappa shape index (κ1) is 32.9. The van der Waals surface area contributed by atoms with E-state index in [2.05, 4.69) is 26.9 Å². The van der Waals surface area contributed by atoms with Gasteiger partial charge in [-0.3, -0.25) is 19.5 Å². The average molecular weight is 675 g/mol. The first-order chi connectivity index (χ1) is 23.1. The predicted molar refractivity (Wildman–Crippen MR) is 187 cm³/mol. The third-order valence-corrected chi connectivity index (χ3v) is 11.6. The Balaban J connectivity index is 1.00. The summed E-state index contributed by atoms with van der Waals surface area (Å²) in [6.45, 7) is 6.64. The van der Waals surface area contributed by atoms with Crippen LogP contribution in [-0.2, 0) is 16.0 Å². The Labute approximate surface area is 287 Å². The lowest BCUT2D eigenvalue weighted by Gasteiger charge is -2.42. The minimum absolute atomic E-state index is 0.0310. The number of aromatic amines is 1. The first-order valence-electron chi connectivity index (χ1n) is 17.5. The normalized spacial score (nSPS) is 23.2. The Morgan fingerprint density at radius 1 is 0.958 bits per heavy atom. The van der Waals surface area contributed by atoms with E-state index in [1.165, 1.54) is 11.1 Å². The van der Waals surface area contributed by atoms with Gasteiger partial charge < -0.3 is 20.4 Å². The molecule has 2 aromatic carbocycles. The molecule has 2 bridgehead atoms. The Morgan fingerprint density at radius 2 is 1.65 bits per heavy atom. The zero-order valence-electron chi connectivity index (χ0n) is 28.0. The van der Waals surface area contributed by atoms with Crippen LogP contribution >= 0.6 is 11.6 Å². The molecule has 4 aliphatic rings. The van der Waals surface area contributed by atoms with E-state index in [0.29, 0.717) is 80.1 Å². The molecule has 2 amide bonds. The Bertz CT molecular complexity index is 1670. The second-order valence-electron chi connectivity index (χ2n) is 14.4. The fourth-order valence-corrected chi connectivity index (χ4v) is 8.79. The van der Waals surface area contributed by atoms with Gasteiger partial charge in [-0.05, 0) is 69.7 Å². The van der Waals surface area contributed by atoms with E-state index in [1.807, 2.05) is 59.2 Å². The highest BCUT2D eigenvalue weighted by molar-refractivity contribution is 6.33. The molecular formula is C36H47ClN8O3. The number of aromatic nitrogens is 3. The number of carbonyl (C=O) groups is 2. The van der Waals surface area contributed by atoms with E-state index in [9.17, 15) is 14.4 Å². The summed E-state index contributed by atoms with van der Waals surface area (Å²) in [5.74, 6) is 0.0606. The average Bonchev–Trinajstić information content (AvgIpc) is 3.81. The zero-order chi connectivity index (χ0) is 33.5. The maximum atomic E-state index is 14.2. The van der Waals surface area contributed by atoms with Crippen molar-refractivity contribution in [3.8, 4) is 11.4 Å². The van der Waals surface area contributed by atoms with E-state index in [0.717, 1.165) is 42.6 Å². The quantitative estimate of drug-likeness (QED) is 0.350. The number of nitrogens with zero attached hydrogens (tertiary/aromatic N) is 6. The molecule has 0 radical (unpaired) electrons. The fourth-order valence-electron chi connectivity index (χ4n) is 8.51. The SMILES string of the molecule is Cc1cc(C[C@@H](CC(=O)N2CCC(n3nc(-c4ccccc4)[nH]c3=O)CC2)C(=O)N2CCC(N3CC4CC3CN4C)CC2)cc(Cl)c1N. The molecule has 0 aliphatic carbocycles. The molecule has 3 N–H and O–H groups in total. The van der Waals surface area contributed by atoms with Crippen molar-refractivity contribution in [2.75, 3.05) is 52.0 Å². The first-order valence-corrected chi connectivity index (χ1v) is 17.8. The van der Waals surface area contributed by atoms with Crippen molar-refractivity contribution < 1.29 is 9.59 Å². The Hall–Kier alpha value is -3.67.